The molecule has 2 aliphatic heterocycles. The van der Waals surface area contributed by atoms with Crippen LogP contribution in [0.3, 0.4) is 0 Å². The highest BCUT2D eigenvalue weighted by Gasteiger charge is 2.46. The van der Waals surface area contributed by atoms with Crippen LogP contribution in [0.5, 0.6) is 0 Å². The fourth-order valence-electron chi connectivity index (χ4n) is 3.40. The van der Waals surface area contributed by atoms with Gasteiger partial charge in [-0.2, -0.15) is 4.31 Å². The largest absolute Gasteiger partial charge is 0.387 e. The molecule has 2 aliphatic rings. The number of nitrogens with one attached hydrogen (secondary N) is 1. The molecule has 27 heavy (non-hydrogen) atoms. The van der Waals surface area contributed by atoms with Crippen molar-refractivity contribution >= 4 is 21.6 Å². The van der Waals surface area contributed by atoms with Crippen molar-refractivity contribution in [2.75, 3.05) is 18.8 Å². The van der Waals surface area contributed by atoms with E-state index in [1.807, 2.05) is 19.1 Å². The maximum atomic E-state index is 12.5. The predicted molar refractivity (Wildman–Crippen MR) is 101 cm³/mol. The molecule has 1 aromatic heterocycles. The number of pyridine rings is 1. The topological polar surface area (TPSA) is 101 Å². The van der Waals surface area contributed by atoms with E-state index in [-0.39, 0.29) is 18.2 Å². The van der Waals surface area contributed by atoms with E-state index >= 15 is 0 Å². The number of piperidine rings is 1. The van der Waals surface area contributed by atoms with Gasteiger partial charge < -0.3 is 10.2 Å². The first-order valence-corrected chi connectivity index (χ1v) is 10.9. The maximum Gasteiger partial charge on any atom is 0.269 e. The number of carbonyl (C=O) groups is 1. The van der Waals surface area contributed by atoms with E-state index in [4.69, 9.17) is 4.84 Å². The number of oxime groups is 1. The van der Waals surface area contributed by atoms with Crippen molar-refractivity contribution in [1.29, 1.82) is 0 Å². The van der Waals surface area contributed by atoms with Gasteiger partial charge in [0.2, 0.25) is 10.0 Å². The molecule has 0 unspecified atom stereocenters. The number of unbranched alkanes of at least 4 members (excludes halogenated alkanes) is 1. The van der Waals surface area contributed by atoms with Gasteiger partial charge in [0.05, 0.1) is 12.3 Å². The van der Waals surface area contributed by atoms with Gasteiger partial charge in [0.1, 0.15) is 5.71 Å². The summed E-state index contributed by atoms with van der Waals surface area (Å²) in [4.78, 5) is 22.0. The number of amides is 1. The van der Waals surface area contributed by atoms with Gasteiger partial charge in [0.25, 0.3) is 5.91 Å². The first-order valence-electron chi connectivity index (χ1n) is 9.34. The Morgan fingerprint density at radius 1 is 1.44 bits per heavy atom. The molecule has 3 heterocycles. The average molecular weight is 394 g/mol. The molecule has 0 aromatic carbocycles. The van der Waals surface area contributed by atoms with Crippen molar-refractivity contribution in [3.8, 4) is 0 Å². The molecule has 1 amide bonds. The third-order valence-corrected chi connectivity index (χ3v) is 6.83. The van der Waals surface area contributed by atoms with Crippen LogP contribution in [-0.2, 0) is 26.2 Å². The quantitative estimate of drug-likeness (QED) is 0.754. The molecule has 1 N–H and O–H groups in total. The van der Waals surface area contributed by atoms with Gasteiger partial charge in [-0.25, -0.2) is 8.42 Å². The first kappa shape index (κ1) is 19.8. The molecule has 148 valence electrons. The zero-order valence-corrected chi connectivity index (χ0v) is 16.4. The molecule has 9 heteroatoms. The fourth-order valence-corrected chi connectivity index (χ4v) is 5.15. The van der Waals surface area contributed by atoms with E-state index in [1.54, 1.807) is 12.4 Å². The van der Waals surface area contributed by atoms with E-state index in [1.165, 1.54) is 4.31 Å². The highest BCUT2D eigenvalue weighted by Crippen LogP contribution is 2.34. The lowest BCUT2D eigenvalue weighted by molar-refractivity contribution is -0.115. The minimum absolute atomic E-state index is 0.152. The smallest absolute Gasteiger partial charge is 0.269 e. The summed E-state index contributed by atoms with van der Waals surface area (Å²) in [5, 5.41) is 6.78. The van der Waals surface area contributed by atoms with Crippen LogP contribution < -0.4 is 5.32 Å². The van der Waals surface area contributed by atoms with Crippen LogP contribution in [0.25, 0.3) is 0 Å². The van der Waals surface area contributed by atoms with Gasteiger partial charge in [0, 0.05) is 31.9 Å². The Bertz CT molecular complexity index is 797. The van der Waals surface area contributed by atoms with Crippen molar-refractivity contribution in [1.82, 2.24) is 14.6 Å². The van der Waals surface area contributed by atoms with Crippen molar-refractivity contribution in [2.45, 2.75) is 51.2 Å². The van der Waals surface area contributed by atoms with Crippen LogP contribution in [0, 0.1) is 0 Å². The summed E-state index contributed by atoms with van der Waals surface area (Å²) in [6, 6.07) is 3.68. The monoisotopic (exact) mass is 394 g/mol. The number of hydrogen-bond donors (Lipinski definition) is 1. The summed E-state index contributed by atoms with van der Waals surface area (Å²) in [5.74, 6) is -0.138. The highest BCUT2D eigenvalue weighted by atomic mass is 32.2. The standard InChI is InChI=1S/C18H26N4O4S/c1-2-3-10-27(24,25)22-9-5-7-18(14-22)11-16(21-26-18)17(23)20-13-15-6-4-8-19-12-15/h4,6,8,12H,2-3,5,7,9-11,13-14H2,1H3,(H,20,23)/t18-/m1/s1. The molecule has 1 atom stereocenters. The van der Waals surface area contributed by atoms with Gasteiger partial charge in [-0.15, -0.1) is 0 Å². The Hall–Kier alpha value is -2.00. The Kier molecular flexibility index (Phi) is 6.11. The highest BCUT2D eigenvalue weighted by molar-refractivity contribution is 7.89. The first-order chi connectivity index (χ1) is 12.9. The van der Waals surface area contributed by atoms with Gasteiger partial charge in [0.15, 0.2) is 5.60 Å². The van der Waals surface area contributed by atoms with Crippen LogP contribution in [0.2, 0.25) is 0 Å². The van der Waals surface area contributed by atoms with E-state index in [0.717, 1.165) is 12.0 Å². The Labute approximate surface area is 160 Å². The molecule has 0 aliphatic carbocycles. The summed E-state index contributed by atoms with van der Waals surface area (Å²) in [7, 11) is -3.30. The van der Waals surface area contributed by atoms with Crippen LogP contribution in [-0.4, -0.2) is 53.8 Å². The fraction of sp³-hybridized carbons (Fsp3) is 0.611. The number of carbonyl (C=O) groups excluding carboxylic acids is 1. The number of rotatable bonds is 7. The van der Waals surface area contributed by atoms with Crippen molar-refractivity contribution in [2.24, 2.45) is 5.16 Å². The second-order valence-corrected chi connectivity index (χ2v) is 9.23. The molecule has 0 radical (unpaired) electrons. The van der Waals surface area contributed by atoms with E-state index < -0.39 is 15.6 Å². The van der Waals surface area contributed by atoms with E-state index in [0.29, 0.717) is 44.5 Å². The summed E-state index contributed by atoms with van der Waals surface area (Å²) >= 11 is 0. The summed E-state index contributed by atoms with van der Waals surface area (Å²) in [6.07, 6.45) is 6.55. The molecule has 1 spiro atoms. The molecule has 8 nitrogen and oxygen atoms in total. The Morgan fingerprint density at radius 2 is 2.30 bits per heavy atom. The van der Waals surface area contributed by atoms with Crippen LogP contribution in [0.15, 0.2) is 29.7 Å². The Morgan fingerprint density at radius 3 is 3.04 bits per heavy atom. The van der Waals surface area contributed by atoms with Gasteiger partial charge >= 0.3 is 0 Å². The molecule has 3 rings (SSSR count). The lowest BCUT2D eigenvalue weighted by Gasteiger charge is -2.37. The molecule has 0 bridgehead atoms. The third-order valence-electron chi connectivity index (χ3n) is 4.93. The molecule has 1 aromatic rings. The van der Waals surface area contributed by atoms with Crippen LogP contribution in [0.4, 0.5) is 0 Å². The molecular weight excluding hydrogens is 368 g/mol. The summed E-state index contributed by atoms with van der Waals surface area (Å²) in [5.41, 5.74) is 0.482. The van der Waals surface area contributed by atoms with Gasteiger partial charge in [-0.1, -0.05) is 24.6 Å². The van der Waals surface area contributed by atoms with E-state index in [2.05, 4.69) is 15.5 Å². The second kappa shape index (κ2) is 8.35. The number of aromatic nitrogens is 1. The predicted octanol–water partition coefficient (Wildman–Crippen LogP) is 1.44. The van der Waals surface area contributed by atoms with E-state index in [9.17, 15) is 13.2 Å². The molecule has 1 fully saturated rings. The van der Waals surface area contributed by atoms with Crippen molar-refractivity contribution < 1.29 is 18.0 Å². The van der Waals surface area contributed by atoms with Crippen LogP contribution >= 0.6 is 0 Å². The molecule has 0 saturated carbocycles. The van der Waals surface area contributed by atoms with Crippen LogP contribution in [0.1, 0.15) is 44.6 Å². The van der Waals surface area contributed by atoms with Gasteiger partial charge in [-0.05, 0) is 30.9 Å². The molecule has 1 saturated heterocycles. The summed E-state index contributed by atoms with van der Waals surface area (Å²) < 4.78 is 26.5. The molecular formula is C18H26N4O4S. The lowest BCUT2D eigenvalue weighted by atomic mass is 9.89. The average Bonchev–Trinajstić information content (AvgIpc) is 3.08. The number of hydrogen-bond acceptors (Lipinski definition) is 6. The number of nitrogens with zero attached hydrogens (tertiary/aromatic N) is 3. The third kappa shape index (κ3) is 4.84. The van der Waals surface area contributed by atoms with Gasteiger partial charge in [-0.3, -0.25) is 9.78 Å². The maximum absolute atomic E-state index is 12.5. The summed E-state index contributed by atoms with van der Waals surface area (Å²) in [6.45, 7) is 3.08. The number of sulfonamides is 1. The normalized spacial score (nSPS) is 23.1. The SMILES string of the molecule is CCCCS(=O)(=O)N1CCC[C@@]2(CC(C(=O)NCc3cccnc3)=NO2)C1. The second-order valence-electron chi connectivity index (χ2n) is 7.14. The Balaban J connectivity index is 1.57. The zero-order valence-electron chi connectivity index (χ0n) is 15.6. The minimum atomic E-state index is -3.30. The van der Waals surface area contributed by atoms with Crippen molar-refractivity contribution in [3.63, 3.8) is 0 Å². The zero-order chi connectivity index (χ0) is 19.3. The lowest BCUT2D eigenvalue weighted by Crippen LogP contribution is -2.51. The minimum Gasteiger partial charge on any atom is -0.387 e. The van der Waals surface area contributed by atoms with Crippen molar-refractivity contribution in [3.05, 3.63) is 30.1 Å².